The van der Waals surface area contributed by atoms with E-state index in [0.29, 0.717) is 6.04 Å². The van der Waals surface area contributed by atoms with E-state index in [0.717, 1.165) is 13.2 Å². The van der Waals surface area contributed by atoms with Gasteiger partial charge in [-0.3, -0.25) is 0 Å². The van der Waals surface area contributed by atoms with E-state index in [1.807, 2.05) is 0 Å². The normalized spacial score (nSPS) is 13.5. The van der Waals surface area contributed by atoms with E-state index in [2.05, 4.69) is 19.2 Å². The molecule has 0 aromatic heterocycles. The van der Waals surface area contributed by atoms with Crippen LogP contribution in [0.1, 0.15) is 26.7 Å². The molecule has 0 aliphatic rings. The molecule has 2 heteroatoms. The van der Waals surface area contributed by atoms with Gasteiger partial charge in [0.05, 0.1) is 6.61 Å². The first-order valence-electron chi connectivity index (χ1n) is 4.07. The minimum atomic E-state index is 0.556. The summed E-state index contributed by atoms with van der Waals surface area (Å²) in [6.07, 6.45) is 2.43. The van der Waals surface area contributed by atoms with Crippen molar-refractivity contribution in [3.8, 4) is 0 Å². The van der Waals surface area contributed by atoms with Crippen molar-refractivity contribution >= 4 is 0 Å². The molecule has 1 N–H and O–H groups in total. The standard InChI is InChI=1S/C8H19NO/c1-4-6-8(7-10-3)9-5-2/h8-9H,4-7H2,1-3H3. The number of likely N-dealkylation sites (N-methyl/N-ethyl adjacent to an activating group) is 1. The molecule has 0 bridgehead atoms. The van der Waals surface area contributed by atoms with Gasteiger partial charge in [0.15, 0.2) is 0 Å². The van der Waals surface area contributed by atoms with Gasteiger partial charge in [0.2, 0.25) is 0 Å². The number of rotatable bonds is 6. The smallest absolute Gasteiger partial charge is 0.0615 e. The van der Waals surface area contributed by atoms with Crippen LogP contribution in [0.3, 0.4) is 0 Å². The van der Waals surface area contributed by atoms with Gasteiger partial charge in [-0.15, -0.1) is 0 Å². The van der Waals surface area contributed by atoms with Crippen LogP contribution in [0.25, 0.3) is 0 Å². The molecule has 62 valence electrons. The lowest BCUT2D eigenvalue weighted by atomic mass is 10.2. The van der Waals surface area contributed by atoms with Gasteiger partial charge in [-0.2, -0.15) is 0 Å². The summed E-state index contributed by atoms with van der Waals surface area (Å²) < 4.78 is 5.05. The lowest BCUT2D eigenvalue weighted by Gasteiger charge is -2.15. The van der Waals surface area contributed by atoms with Crippen molar-refractivity contribution in [2.24, 2.45) is 0 Å². The van der Waals surface area contributed by atoms with Crippen molar-refractivity contribution in [3.63, 3.8) is 0 Å². The van der Waals surface area contributed by atoms with Crippen molar-refractivity contribution in [2.45, 2.75) is 32.7 Å². The Balaban J connectivity index is 3.30. The third-order valence-corrected chi connectivity index (χ3v) is 1.50. The molecule has 0 amide bonds. The van der Waals surface area contributed by atoms with Crippen molar-refractivity contribution in [3.05, 3.63) is 0 Å². The molecule has 1 atom stereocenters. The molecule has 1 unspecified atom stereocenters. The fourth-order valence-corrected chi connectivity index (χ4v) is 1.08. The predicted molar refractivity (Wildman–Crippen MR) is 44.2 cm³/mol. The van der Waals surface area contributed by atoms with Gasteiger partial charge in [0.1, 0.15) is 0 Å². The van der Waals surface area contributed by atoms with Gasteiger partial charge in [0.25, 0.3) is 0 Å². The molecule has 0 radical (unpaired) electrons. The minimum absolute atomic E-state index is 0.556. The summed E-state index contributed by atoms with van der Waals surface area (Å²) in [5, 5.41) is 3.36. The van der Waals surface area contributed by atoms with Crippen LogP contribution in [0, 0.1) is 0 Å². The summed E-state index contributed by atoms with van der Waals surface area (Å²) in [6, 6.07) is 0.556. The van der Waals surface area contributed by atoms with Gasteiger partial charge in [-0.25, -0.2) is 0 Å². The summed E-state index contributed by atoms with van der Waals surface area (Å²) in [7, 11) is 1.75. The van der Waals surface area contributed by atoms with Gasteiger partial charge in [-0.1, -0.05) is 20.3 Å². The molecule has 0 heterocycles. The SMILES string of the molecule is CCCC(COC)NCC. The number of hydrogen-bond acceptors (Lipinski definition) is 2. The summed E-state index contributed by atoms with van der Waals surface area (Å²) >= 11 is 0. The first-order chi connectivity index (χ1) is 4.85. The summed E-state index contributed by atoms with van der Waals surface area (Å²) in [4.78, 5) is 0. The monoisotopic (exact) mass is 145 g/mol. The lowest BCUT2D eigenvalue weighted by molar-refractivity contribution is 0.163. The molecule has 0 saturated carbocycles. The highest BCUT2D eigenvalue weighted by Gasteiger charge is 2.03. The molecule has 2 nitrogen and oxygen atoms in total. The van der Waals surface area contributed by atoms with E-state index in [1.165, 1.54) is 12.8 Å². The average molecular weight is 145 g/mol. The van der Waals surface area contributed by atoms with Crippen molar-refractivity contribution in [2.75, 3.05) is 20.3 Å². The molecular formula is C8H19NO. The number of hydrogen-bond donors (Lipinski definition) is 1. The van der Waals surface area contributed by atoms with Gasteiger partial charge in [-0.05, 0) is 13.0 Å². The average Bonchev–Trinajstić information content (AvgIpc) is 1.90. The third-order valence-electron chi connectivity index (χ3n) is 1.50. The topological polar surface area (TPSA) is 21.3 Å². The number of ether oxygens (including phenoxy) is 1. The van der Waals surface area contributed by atoms with Crippen LogP contribution < -0.4 is 5.32 Å². The fraction of sp³-hybridized carbons (Fsp3) is 1.00. The van der Waals surface area contributed by atoms with E-state index in [9.17, 15) is 0 Å². The zero-order valence-corrected chi connectivity index (χ0v) is 7.31. The van der Waals surface area contributed by atoms with E-state index in [4.69, 9.17) is 4.74 Å². The first kappa shape index (κ1) is 9.92. The third kappa shape index (κ3) is 4.77. The quantitative estimate of drug-likeness (QED) is 0.610. The zero-order chi connectivity index (χ0) is 7.82. The zero-order valence-electron chi connectivity index (χ0n) is 7.31. The summed E-state index contributed by atoms with van der Waals surface area (Å²) in [5.74, 6) is 0. The largest absolute Gasteiger partial charge is 0.383 e. The van der Waals surface area contributed by atoms with Crippen molar-refractivity contribution in [1.29, 1.82) is 0 Å². The molecule has 0 aromatic rings. The summed E-state index contributed by atoms with van der Waals surface area (Å²) in [6.45, 7) is 6.19. The van der Waals surface area contributed by atoms with E-state index < -0.39 is 0 Å². The number of methoxy groups -OCH3 is 1. The Labute approximate surface area is 64.0 Å². The molecule has 0 rings (SSSR count). The van der Waals surface area contributed by atoms with E-state index >= 15 is 0 Å². The molecule has 0 aromatic carbocycles. The molecule has 10 heavy (non-hydrogen) atoms. The van der Waals surface area contributed by atoms with Crippen LogP contribution in [0.2, 0.25) is 0 Å². The predicted octanol–water partition coefficient (Wildman–Crippen LogP) is 1.41. The van der Waals surface area contributed by atoms with E-state index in [-0.39, 0.29) is 0 Å². The fourth-order valence-electron chi connectivity index (χ4n) is 1.08. The molecule has 0 aliphatic heterocycles. The van der Waals surface area contributed by atoms with Gasteiger partial charge >= 0.3 is 0 Å². The highest BCUT2D eigenvalue weighted by atomic mass is 16.5. The molecule has 0 saturated heterocycles. The van der Waals surface area contributed by atoms with Crippen LogP contribution in [0.5, 0.6) is 0 Å². The Hall–Kier alpha value is -0.0800. The molecule has 0 aliphatic carbocycles. The van der Waals surface area contributed by atoms with E-state index in [1.54, 1.807) is 7.11 Å². The van der Waals surface area contributed by atoms with Crippen LogP contribution in [-0.2, 0) is 4.74 Å². The summed E-state index contributed by atoms with van der Waals surface area (Å²) in [5.41, 5.74) is 0. The van der Waals surface area contributed by atoms with Crippen molar-refractivity contribution < 1.29 is 4.74 Å². The van der Waals surface area contributed by atoms with Crippen LogP contribution >= 0.6 is 0 Å². The Bertz CT molecular complexity index is 52.0. The Morgan fingerprint density at radius 2 is 2.10 bits per heavy atom. The van der Waals surface area contributed by atoms with Crippen LogP contribution in [-0.4, -0.2) is 26.3 Å². The Morgan fingerprint density at radius 1 is 1.40 bits per heavy atom. The maximum Gasteiger partial charge on any atom is 0.0615 e. The second kappa shape index (κ2) is 7.03. The van der Waals surface area contributed by atoms with Crippen LogP contribution in [0.15, 0.2) is 0 Å². The first-order valence-corrected chi connectivity index (χ1v) is 4.07. The molecule has 0 fully saturated rings. The van der Waals surface area contributed by atoms with Crippen LogP contribution in [0.4, 0.5) is 0 Å². The highest BCUT2D eigenvalue weighted by Crippen LogP contribution is 1.95. The highest BCUT2D eigenvalue weighted by molar-refractivity contribution is 4.63. The number of nitrogens with one attached hydrogen (secondary N) is 1. The molecule has 0 spiro atoms. The van der Waals surface area contributed by atoms with Gasteiger partial charge in [0, 0.05) is 13.2 Å². The second-order valence-corrected chi connectivity index (χ2v) is 2.50. The maximum atomic E-state index is 5.05. The second-order valence-electron chi connectivity index (χ2n) is 2.50. The molecular weight excluding hydrogens is 126 g/mol. The van der Waals surface area contributed by atoms with Crippen molar-refractivity contribution in [1.82, 2.24) is 5.32 Å². The minimum Gasteiger partial charge on any atom is -0.383 e. The maximum absolute atomic E-state index is 5.05. The Kier molecular flexibility index (Phi) is 6.98. The Morgan fingerprint density at radius 3 is 2.50 bits per heavy atom. The van der Waals surface area contributed by atoms with Gasteiger partial charge < -0.3 is 10.1 Å². The lowest BCUT2D eigenvalue weighted by Crippen LogP contribution is -2.32.